The molecule has 1 aliphatic heterocycles. The number of carboxylic acids is 3. The van der Waals surface area contributed by atoms with Crippen molar-refractivity contribution in [3.8, 4) is 22.6 Å². The first-order valence-corrected chi connectivity index (χ1v) is 42.2. The minimum atomic E-state index is -2.00. The molecule has 126 heavy (non-hydrogen) atoms. The van der Waals surface area contributed by atoms with Gasteiger partial charge in [0.1, 0.15) is 71.9 Å². The number of unbranched alkanes of at least 4 members (excludes halogenated alkanes) is 2. The second-order valence-electron chi connectivity index (χ2n) is 32.0. The number of aromatic carboxylic acids is 1. The number of anilines is 2. The summed E-state index contributed by atoms with van der Waals surface area (Å²) < 4.78 is 6.45. The molecule has 0 aliphatic carbocycles. The Morgan fingerprint density at radius 2 is 0.984 bits per heavy atom. The van der Waals surface area contributed by atoms with Gasteiger partial charge in [-0.1, -0.05) is 58.4 Å². The Kier molecular flexibility index (Phi) is 37.6. The standard InChI is InChI=1S/C86H111N15O23S2/c1-44(2)32-59(78(114)91-58(75(87)111)39-71(107)108)92-82(118)65(43-126)97-84(120)74(46(5)102)98-70(106)41-89-77(113)60(34-47-16-23-52(103)24-17-47)93-79(115)61(35-48-18-25-53(104)26-19-48)94-80(116)62(40-72(109)110)95-81(117)64(42-125)96-83(119)66-14-13-31-101(66)85(121)63(33-45(3)4)90-69(105)15-11-10-12-30-88-76(112)49-20-27-54(86(122)123)57(36-49)73-55-28-21-50(99(6)7)37-67(55)124-68-38-51(100(8)9)22-29-56(68)73/h16-29,36-38,44-46,58-66,74,102H,10-15,30-35,39-43H2,1-9H3,(H19-,87,88,89,90,91,92,93,94,95,96,97,98,103,104,105,106,107,108,109,110,111,112,113,114,115,116,117,118,119,120,122,123,125,126)/p+1/t46-,58+,59+,60+,61+,62+,63+,64+,65+,66+,74+/m1/s1. The van der Waals surface area contributed by atoms with E-state index in [1.807, 2.05) is 88.2 Å². The third kappa shape index (κ3) is 29.4. The first-order chi connectivity index (χ1) is 59.6. The minimum Gasteiger partial charge on any atom is -0.508 e. The maximum atomic E-state index is 14.7. The van der Waals surface area contributed by atoms with Crippen molar-refractivity contribution >= 4 is 153 Å². The van der Waals surface area contributed by atoms with E-state index >= 15 is 0 Å². The summed E-state index contributed by atoms with van der Waals surface area (Å²) in [5.74, 6) is -18.3. The number of primary amides is 1. The number of carbonyl (C=O) groups is 16. The van der Waals surface area contributed by atoms with Crippen molar-refractivity contribution in [2.75, 3.05) is 69.1 Å². The van der Waals surface area contributed by atoms with E-state index in [4.69, 9.17) is 10.2 Å². The molecule has 19 N–H and O–H groups in total. The average molecular weight is 1790 g/mol. The van der Waals surface area contributed by atoms with Crippen molar-refractivity contribution in [3.05, 3.63) is 125 Å². The van der Waals surface area contributed by atoms with Gasteiger partial charge in [-0.3, -0.25) is 71.9 Å². The Hall–Kier alpha value is -12.9. The van der Waals surface area contributed by atoms with E-state index in [1.54, 1.807) is 19.9 Å². The fourth-order valence-electron chi connectivity index (χ4n) is 14.0. The summed E-state index contributed by atoms with van der Waals surface area (Å²) in [4.78, 5) is 222. The number of carboxylic acid groups (broad SMARTS) is 3. The molecule has 1 aromatic heterocycles. The molecule has 0 saturated carbocycles. The van der Waals surface area contributed by atoms with Gasteiger partial charge < -0.3 is 110 Å². The average Bonchev–Trinajstić information content (AvgIpc) is 0.850. The van der Waals surface area contributed by atoms with Gasteiger partial charge in [-0.2, -0.15) is 25.3 Å². The first-order valence-electron chi connectivity index (χ1n) is 40.9. The zero-order chi connectivity index (χ0) is 93.1. The molecule has 680 valence electrons. The molecule has 0 radical (unpaired) electrons. The van der Waals surface area contributed by atoms with E-state index < -0.39 is 199 Å². The molecule has 6 aromatic rings. The van der Waals surface area contributed by atoms with Crippen molar-refractivity contribution in [2.45, 2.75) is 178 Å². The lowest BCUT2D eigenvalue weighted by Crippen LogP contribution is -2.61. The maximum absolute atomic E-state index is 14.7. The number of aliphatic hydroxyl groups is 1. The van der Waals surface area contributed by atoms with E-state index in [0.717, 1.165) is 18.3 Å². The van der Waals surface area contributed by atoms with Crippen LogP contribution >= 0.6 is 25.3 Å². The summed E-state index contributed by atoms with van der Waals surface area (Å²) in [6.07, 6.45) is -2.66. The molecule has 13 amide bonds. The Morgan fingerprint density at radius 3 is 1.49 bits per heavy atom. The molecule has 0 unspecified atom stereocenters. The van der Waals surface area contributed by atoms with Crippen LogP contribution in [0.3, 0.4) is 0 Å². The second-order valence-corrected chi connectivity index (χ2v) is 32.7. The van der Waals surface area contributed by atoms with Gasteiger partial charge in [0.05, 0.1) is 54.0 Å². The summed E-state index contributed by atoms with van der Waals surface area (Å²) in [6, 6.07) is 10.5. The number of fused-ring (bicyclic) bond motifs is 2. The lowest BCUT2D eigenvalue weighted by atomic mass is 9.91. The van der Waals surface area contributed by atoms with Gasteiger partial charge in [-0.25, -0.2) is 9.21 Å². The predicted molar refractivity (Wildman–Crippen MR) is 471 cm³/mol. The largest absolute Gasteiger partial charge is 0.508 e. The number of hydrogen-bond acceptors (Lipinski definition) is 23. The minimum absolute atomic E-state index is 0.0106. The number of likely N-dealkylation sites (tertiary alicyclic amines) is 1. The Morgan fingerprint density at radius 1 is 0.508 bits per heavy atom. The van der Waals surface area contributed by atoms with E-state index in [-0.39, 0.29) is 85.2 Å². The third-order valence-electron chi connectivity index (χ3n) is 20.6. The smallest absolute Gasteiger partial charge is 0.363 e. The molecule has 1 saturated heterocycles. The molecule has 7 rings (SSSR count). The van der Waals surface area contributed by atoms with E-state index in [9.17, 15) is 107 Å². The van der Waals surface area contributed by atoms with Gasteiger partial charge in [-0.05, 0) is 141 Å². The van der Waals surface area contributed by atoms with Crippen LogP contribution in [-0.2, 0) is 80.0 Å². The van der Waals surface area contributed by atoms with Crippen LogP contribution in [0.1, 0.15) is 131 Å². The van der Waals surface area contributed by atoms with Crippen LogP contribution in [0.4, 0.5) is 11.4 Å². The number of rotatable bonds is 47. The molecule has 5 aromatic carbocycles. The fourth-order valence-corrected chi connectivity index (χ4v) is 14.5. The highest BCUT2D eigenvalue weighted by Crippen LogP contribution is 2.41. The number of phenolic OH excluding ortho intramolecular Hbond substituents is 2. The van der Waals surface area contributed by atoms with Crippen LogP contribution in [0.2, 0.25) is 0 Å². The number of nitrogens with two attached hydrogens (primary N) is 1. The molecular formula is C86H112N15O23S2+. The molecular weight excluding hydrogens is 1680 g/mol. The topological polar surface area (TPSA) is 574 Å². The molecule has 40 heteroatoms. The molecule has 2 heterocycles. The van der Waals surface area contributed by atoms with Crippen LogP contribution in [0.25, 0.3) is 33.1 Å². The number of amides is 13. The van der Waals surface area contributed by atoms with Crippen molar-refractivity contribution in [3.63, 3.8) is 0 Å². The molecule has 38 nitrogen and oxygen atoms in total. The Bertz CT molecular complexity index is 4910. The summed E-state index contributed by atoms with van der Waals surface area (Å²) in [5, 5.41) is 89.2. The summed E-state index contributed by atoms with van der Waals surface area (Å²) in [7, 11) is 7.56. The number of nitrogens with zero attached hydrogens (tertiary/aromatic N) is 3. The quantitative estimate of drug-likeness (QED) is 0.0112. The summed E-state index contributed by atoms with van der Waals surface area (Å²) in [6.45, 7) is 7.49. The number of hydrogen-bond donors (Lipinski definition) is 20. The van der Waals surface area contributed by atoms with Gasteiger partial charge in [0.15, 0.2) is 0 Å². The number of aliphatic hydroxyl groups excluding tert-OH is 1. The Balaban J connectivity index is 0.968. The van der Waals surface area contributed by atoms with Gasteiger partial charge in [0.2, 0.25) is 70.9 Å². The zero-order valence-electron chi connectivity index (χ0n) is 71.3. The maximum Gasteiger partial charge on any atom is 0.363 e. The SMILES string of the molecule is CC(C)C[C@H](NC(=O)[C@H](CS)NC(=O)[C@@H](NC(=O)CNC(=O)[C@H](Cc1ccc(O)cc1)NC(=O)[C@H](Cc1ccc(O)cc1)NC(=O)[C@H](CC(=O)O)NC(=O)[C@H](CS)NC(=O)[C@@H]1CCCN1C(=O)[C@H](CC(C)C)NC(=O)CCCCCNC(=O)c1ccc(C(=O)O)c(-c2c3ccc(N(C)C)cc3[o+]c3cc(N(C)C)ccc23)c1)[C@@H](C)O)C(=O)N[C@@H](CC(=O)O)C(N)=O. The zero-order valence-corrected chi connectivity index (χ0v) is 73.1. The molecule has 11 atom stereocenters. The number of aliphatic carboxylic acids is 2. The summed E-state index contributed by atoms with van der Waals surface area (Å²) in [5.41, 5.74) is 9.64. The monoisotopic (exact) mass is 1790 g/mol. The second kappa shape index (κ2) is 47.3. The lowest BCUT2D eigenvalue weighted by Gasteiger charge is -2.30. The normalized spacial score (nSPS) is 14.8. The third-order valence-corrected chi connectivity index (χ3v) is 21.3. The fraction of sp³-hybridized carbons (Fsp3) is 0.453. The Labute approximate surface area is 737 Å². The number of aromatic hydroxyl groups is 2. The highest BCUT2D eigenvalue weighted by Gasteiger charge is 2.41. The highest BCUT2D eigenvalue weighted by atomic mass is 32.1. The van der Waals surface area contributed by atoms with Gasteiger partial charge in [-0.15, -0.1) is 0 Å². The highest BCUT2D eigenvalue weighted by molar-refractivity contribution is 7.80. The molecule has 1 aliphatic rings. The van der Waals surface area contributed by atoms with Crippen LogP contribution in [0.15, 0.2) is 108 Å². The van der Waals surface area contributed by atoms with E-state index in [1.165, 1.54) is 65.6 Å². The molecule has 1 fully saturated rings. The number of nitrogens with one attached hydrogen (secondary N) is 11. The van der Waals surface area contributed by atoms with Gasteiger partial charge >= 0.3 is 29.1 Å². The van der Waals surface area contributed by atoms with Crippen molar-refractivity contribution in [1.82, 2.24) is 63.4 Å². The van der Waals surface area contributed by atoms with E-state index in [0.29, 0.717) is 64.3 Å². The molecule has 0 spiro atoms. The van der Waals surface area contributed by atoms with E-state index in [2.05, 4.69) is 83.7 Å². The van der Waals surface area contributed by atoms with Gasteiger partial charge in [0, 0.05) is 94.6 Å². The van der Waals surface area contributed by atoms with Crippen LogP contribution in [0, 0.1) is 11.8 Å². The number of benzene rings is 5. The van der Waals surface area contributed by atoms with Crippen molar-refractivity contribution in [2.24, 2.45) is 17.6 Å². The van der Waals surface area contributed by atoms with Crippen molar-refractivity contribution in [1.29, 1.82) is 0 Å². The lowest BCUT2D eigenvalue weighted by molar-refractivity contribution is -0.143. The number of thiol groups is 2. The summed E-state index contributed by atoms with van der Waals surface area (Å²) >= 11 is 8.44. The first kappa shape index (κ1) is 100. The van der Waals surface area contributed by atoms with Crippen LogP contribution in [0.5, 0.6) is 11.5 Å². The number of phenols is 2. The van der Waals surface area contributed by atoms with Crippen LogP contribution in [-0.4, -0.2) is 256 Å². The van der Waals surface area contributed by atoms with Crippen LogP contribution < -0.4 is 74.0 Å². The van der Waals surface area contributed by atoms with Gasteiger partial charge in [0.25, 0.3) is 5.91 Å². The van der Waals surface area contributed by atoms with Crippen molar-refractivity contribution < 1.29 is 112 Å². The molecule has 0 bridgehead atoms. The number of carbonyl (C=O) groups excluding carboxylic acids is 13. The predicted octanol–water partition coefficient (Wildman–Crippen LogP) is 1.79.